The highest BCUT2D eigenvalue weighted by Crippen LogP contribution is 2.06. The average Bonchev–Trinajstić information content (AvgIpc) is 1.88. The van der Waals surface area contributed by atoms with E-state index in [-0.39, 0.29) is 0 Å². The number of hydrogen-bond donors (Lipinski definition) is 0. The molecule has 0 atom stereocenters. The van der Waals surface area contributed by atoms with E-state index >= 15 is 0 Å². The van der Waals surface area contributed by atoms with Gasteiger partial charge in [0.2, 0.25) is 0 Å². The molecule has 1 aromatic rings. The number of nitrogens with zero attached hydrogens (tertiary/aromatic N) is 1. The van der Waals surface area contributed by atoms with Gasteiger partial charge in [0.25, 0.3) is 0 Å². The van der Waals surface area contributed by atoms with Gasteiger partial charge in [-0.3, -0.25) is 4.98 Å². The van der Waals surface area contributed by atoms with Crippen LogP contribution in [0.3, 0.4) is 0 Å². The number of pyridine rings is 1. The number of aromatic nitrogens is 1. The highest BCUT2D eigenvalue weighted by Gasteiger charge is 1.95. The molecule has 0 unspecified atom stereocenters. The summed E-state index contributed by atoms with van der Waals surface area (Å²) in [6.07, 6.45) is 4.03. The molecule has 0 N–H and O–H groups in total. The van der Waals surface area contributed by atoms with Crippen molar-refractivity contribution in [1.29, 1.82) is 0 Å². The van der Waals surface area contributed by atoms with Crippen molar-refractivity contribution in [3.63, 3.8) is 0 Å². The van der Waals surface area contributed by atoms with Crippen molar-refractivity contribution < 1.29 is 0 Å². The molecule has 1 aromatic heterocycles. The van der Waals surface area contributed by atoms with Crippen LogP contribution in [0.25, 0.3) is 0 Å². The van der Waals surface area contributed by atoms with E-state index in [1.165, 1.54) is 11.1 Å². The monoisotopic (exact) mass is 134 g/mol. The third-order valence-electron chi connectivity index (χ3n) is 1.62. The lowest BCUT2D eigenvalue weighted by Gasteiger charge is -2.00. The van der Waals surface area contributed by atoms with Crippen molar-refractivity contribution in [3.05, 3.63) is 29.1 Å². The molecule has 0 spiro atoms. The van der Waals surface area contributed by atoms with Gasteiger partial charge in [0.1, 0.15) is 0 Å². The van der Waals surface area contributed by atoms with Crippen LogP contribution in [0.15, 0.2) is 6.07 Å². The normalized spacial score (nSPS) is 9.90. The Labute approximate surface area is 62.1 Å². The zero-order chi connectivity index (χ0) is 7.56. The molecular formula is C9H12N. The average molecular weight is 134 g/mol. The summed E-state index contributed by atoms with van der Waals surface area (Å²) in [5.41, 5.74) is 3.58. The van der Waals surface area contributed by atoms with E-state index in [0.29, 0.717) is 0 Å². The fourth-order valence-electron chi connectivity index (χ4n) is 1.03. The molecule has 0 aliphatic heterocycles. The Balaban J connectivity index is 3.07. The molecule has 0 amide bonds. The standard InChI is InChI=1S/C9H12N/c1-4-9-6-10-8(3)5-7(9)2/h5H,4H2,1-3H3. The molecule has 0 saturated carbocycles. The summed E-state index contributed by atoms with van der Waals surface area (Å²) in [6.45, 7) is 6.21. The second-order valence-electron chi connectivity index (χ2n) is 2.52. The SMILES string of the molecule is CCc1[c]nc(C)cc1C. The van der Waals surface area contributed by atoms with Crippen LogP contribution in [0.2, 0.25) is 0 Å². The van der Waals surface area contributed by atoms with E-state index in [1.54, 1.807) is 0 Å². The number of rotatable bonds is 1. The Kier molecular flexibility index (Phi) is 2.05. The number of hydrogen-bond acceptors (Lipinski definition) is 1. The maximum atomic E-state index is 4.09. The molecule has 1 heteroatoms. The Morgan fingerprint density at radius 1 is 1.50 bits per heavy atom. The maximum absolute atomic E-state index is 4.09. The highest BCUT2D eigenvalue weighted by molar-refractivity contribution is 5.23. The van der Waals surface area contributed by atoms with Crippen LogP contribution in [0.4, 0.5) is 0 Å². The van der Waals surface area contributed by atoms with Crippen LogP contribution >= 0.6 is 0 Å². The molecule has 53 valence electrons. The third kappa shape index (κ3) is 1.35. The predicted octanol–water partition coefficient (Wildman–Crippen LogP) is 2.06. The summed E-state index contributed by atoms with van der Waals surface area (Å²) in [7, 11) is 0. The largest absolute Gasteiger partial charge is 0.251 e. The second kappa shape index (κ2) is 2.82. The number of aryl methyl sites for hydroxylation is 3. The predicted molar refractivity (Wildman–Crippen MR) is 41.9 cm³/mol. The zero-order valence-electron chi connectivity index (χ0n) is 6.73. The van der Waals surface area contributed by atoms with Crippen LogP contribution in [-0.4, -0.2) is 4.98 Å². The zero-order valence-corrected chi connectivity index (χ0v) is 6.73. The minimum Gasteiger partial charge on any atom is -0.251 e. The fourth-order valence-corrected chi connectivity index (χ4v) is 1.03. The van der Waals surface area contributed by atoms with Crippen LogP contribution in [0.5, 0.6) is 0 Å². The first kappa shape index (κ1) is 7.26. The molecule has 0 saturated heterocycles. The van der Waals surface area contributed by atoms with Crippen molar-refractivity contribution in [2.75, 3.05) is 0 Å². The van der Waals surface area contributed by atoms with Crippen molar-refractivity contribution >= 4 is 0 Å². The lowest BCUT2D eigenvalue weighted by molar-refractivity contribution is 1.04. The molecule has 10 heavy (non-hydrogen) atoms. The highest BCUT2D eigenvalue weighted by atomic mass is 14.7. The molecule has 0 aliphatic carbocycles. The lowest BCUT2D eigenvalue weighted by atomic mass is 10.1. The molecule has 1 radical (unpaired) electrons. The summed E-state index contributed by atoms with van der Waals surface area (Å²) in [5.74, 6) is 0. The third-order valence-corrected chi connectivity index (χ3v) is 1.62. The lowest BCUT2D eigenvalue weighted by Crippen LogP contribution is -1.90. The first-order valence-electron chi connectivity index (χ1n) is 3.59. The van der Waals surface area contributed by atoms with E-state index in [0.717, 1.165) is 12.1 Å². The van der Waals surface area contributed by atoms with E-state index in [2.05, 4.69) is 31.1 Å². The van der Waals surface area contributed by atoms with Crippen molar-refractivity contribution in [2.24, 2.45) is 0 Å². The quantitative estimate of drug-likeness (QED) is 0.573. The minimum atomic E-state index is 1.03. The van der Waals surface area contributed by atoms with Gasteiger partial charge >= 0.3 is 0 Å². The summed E-state index contributed by atoms with van der Waals surface area (Å²) in [6, 6.07) is 2.09. The van der Waals surface area contributed by atoms with Gasteiger partial charge in [-0.15, -0.1) is 0 Å². The minimum absolute atomic E-state index is 1.03. The van der Waals surface area contributed by atoms with Crippen LogP contribution in [0.1, 0.15) is 23.7 Å². The van der Waals surface area contributed by atoms with E-state index in [4.69, 9.17) is 0 Å². The first-order chi connectivity index (χ1) is 4.74. The Morgan fingerprint density at radius 2 is 2.20 bits per heavy atom. The smallest absolute Gasteiger partial charge is 0.0926 e. The van der Waals surface area contributed by atoms with Crippen molar-refractivity contribution in [2.45, 2.75) is 27.2 Å². The van der Waals surface area contributed by atoms with Crippen molar-refractivity contribution in [3.8, 4) is 0 Å². The molecule has 1 rings (SSSR count). The van der Waals surface area contributed by atoms with Gasteiger partial charge in [0.15, 0.2) is 0 Å². The summed E-state index contributed by atoms with van der Waals surface area (Å²) in [5, 5.41) is 0. The summed E-state index contributed by atoms with van der Waals surface area (Å²) in [4.78, 5) is 4.09. The first-order valence-corrected chi connectivity index (χ1v) is 3.59. The van der Waals surface area contributed by atoms with Gasteiger partial charge in [-0.25, -0.2) is 0 Å². The van der Waals surface area contributed by atoms with Gasteiger partial charge < -0.3 is 0 Å². The van der Waals surface area contributed by atoms with Gasteiger partial charge in [-0.1, -0.05) is 6.92 Å². The Bertz CT molecular complexity index is 228. The maximum Gasteiger partial charge on any atom is 0.0926 e. The van der Waals surface area contributed by atoms with Gasteiger partial charge in [0, 0.05) is 5.69 Å². The van der Waals surface area contributed by atoms with Crippen molar-refractivity contribution in [1.82, 2.24) is 4.98 Å². The van der Waals surface area contributed by atoms with Gasteiger partial charge in [-0.2, -0.15) is 0 Å². The van der Waals surface area contributed by atoms with E-state index < -0.39 is 0 Å². The van der Waals surface area contributed by atoms with E-state index in [9.17, 15) is 0 Å². The molecule has 0 fully saturated rings. The fraction of sp³-hybridized carbons (Fsp3) is 0.444. The second-order valence-corrected chi connectivity index (χ2v) is 2.52. The molecule has 0 bridgehead atoms. The van der Waals surface area contributed by atoms with E-state index in [1.807, 2.05) is 6.92 Å². The molecule has 1 nitrogen and oxygen atoms in total. The van der Waals surface area contributed by atoms with Gasteiger partial charge in [0.05, 0.1) is 6.20 Å². The summed E-state index contributed by atoms with van der Waals surface area (Å²) < 4.78 is 0. The Hall–Kier alpha value is -0.850. The topological polar surface area (TPSA) is 12.9 Å². The van der Waals surface area contributed by atoms with Gasteiger partial charge in [-0.05, 0) is 37.5 Å². The Morgan fingerprint density at radius 3 is 2.70 bits per heavy atom. The molecule has 0 aliphatic rings. The van der Waals surface area contributed by atoms with Crippen LogP contribution in [0, 0.1) is 20.0 Å². The molecule has 0 aromatic carbocycles. The molecule has 1 heterocycles. The van der Waals surface area contributed by atoms with Crippen LogP contribution in [-0.2, 0) is 6.42 Å². The van der Waals surface area contributed by atoms with Crippen LogP contribution < -0.4 is 0 Å². The summed E-state index contributed by atoms with van der Waals surface area (Å²) >= 11 is 0. The molecular weight excluding hydrogens is 122 g/mol.